The van der Waals surface area contributed by atoms with Crippen LogP contribution in [-0.4, -0.2) is 57.7 Å². The van der Waals surface area contributed by atoms with Gasteiger partial charge in [-0.25, -0.2) is 4.98 Å². The third-order valence-corrected chi connectivity index (χ3v) is 5.93. The number of nitrogens with one attached hydrogen (secondary N) is 1. The largest absolute Gasteiger partial charge is 0.376 e. The molecule has 3 aromatic rings. The number of benzene rings is 1. The van der Waals surface area contributed by atoms with Gasteiger partial charge in [-0.15, -0.1) is 0 Å². The van der Waals surface area contributed by atoms with Crippen LogP contribution in [0.25, 0.3) is 10.9 Å². The maximum Gasteiger partial charge on any atom is 0.274 e. The zero-order valence-corrected chi connectivity index (χ0v) is 17.3. The topological polar surface area (TPSA) is 89.4 Å². The molecule has 1 fully saturated rings. The van der Waals surface area contributed by atoms with E-state index in [2.05, 4.69) is 15.4 Å². The molecular formula is C23H25N5O3. The van der Waals surface area contributed by atoms with Crippen LogP contribution in [0.5, 0.6) is 0 Å². The van der Waals surface area contributed by atoms with E-state index < -0.39 is 0 Å². The average Bonchev–Trinajstić information content (AvgIpc) is 3.47. The van der Waals surface area contributed by atoms with Crippen molar-refractivity contribution >= 4 is 22.7 Å². The lowest BCUT2D eigenvalue weighted by Gasteiger charge is -2.17. The van der Waals surface area contributed by atoms with Gasteiger partial charge in [-0.1, -0.05) is 24.3 Å². The number of hydrogen-bond acceptors (Lipinski definition) is 5. The van der Waals surface area contributed by atoms with Gasteiger partial charge in [0.15, 0.2) is 5.69 Å². The minimum atomic E-state index is -0.219. The number of likely N-dealkylation sites (tertiary alicyclic amines) is 1. The Kier molecular flexibility index (Phi) is 5.38. The molecule has 31 heavy (non-hydrogen) atoms. The van der Waals surface area contributed by atoms with Gasteiger partial charge in [-0.3, -0.25) is 14.3 Å². The molecule has 0 radical (unpaired) electrons. The quantitative estimate of drug-likeness (QED) is 0.685. The van der Waals surface area contributed by atoms with Crippen molar-refractivity contribution in [2.75, 3.05) is 26.2 Å². The fourth-order valence-electron chi connectivity index (χ4n) is 4.29. The van der Waals surface area contributed by atoms with Gasteiger partial charge in [0.25, 0.3) is 11.8 Å². The number of ether oxygens (including phenoxy) is 1. The number of para-hydroxylation sites is 1. The molecule has 2 aliphatic rings. The number of carbonyl (C=O) groups excluding carboxylic acids is 2. The van der Waals surface area contributed by atoms with Crippen molar-refractivity contribution in [2.45, 2.75) is 32.4 Å². The summed E-state index contributed by atoms with van der Waals surface area (Å²) in [5.41, 5.74) is 3.61. The van der Waals surface area contributed by atoms with Crippen molar-refractivity contribution in [3.63, 3.8) is 0 Å². The minimum absolute atomic E-state index is 0.0117. The number of nitrogens with zero attached hydrogens (tertiary/aromatic N) is 4. The van der Waals surface area contributed by atoms with Crippen LogP contribution in [0.1, 0.15) is 45.1 Å². The molecule has 2 aromatic heterocycles. The number of aromatic nitrogens is 3. The first-order valence-electron chi connectivity index (χ1n) is 10.8. The van der Waals surface area contributed by atoms with E-state index in [1.807, 2.05) is 39.9 Å². The standard InChI is InChI=1S/C23H25N5O3/c29-22(19-8-7-16-5-1-2-6-18(16)25-19)24-10-13-28-20-9-14-31-15-17(20)21(26-28)23(30)27-11-3-4-12-27/h1-2,5-8H,3-4,9-15H2,(H,24,29). The van der Waals surface area contributed by atoms with Crippen LogP contribution < -0.4 is 5.32 Å². The molecule has 0 spiro atoms. The summed E-state index contributed by atoms with van der Waals surface area (Å²) in [6.07, 6.45) is 2.80. The molecule has 1 saturated heterocycles. The van der Waals surface area contributed by atoms with Crippen LogP contribution in [0, 0.1) is 0 Å². The first kappa shape index (κ1) is 19.7. The zero-order chi connectivity index (χ0) is 21.2. The number of rotatable bonds is 5. The summed E-state index contributed by atoms with van der Waals surface area (Å²) < 4.78 is 7.45. The maximum absolute atomic E-state index is 12.9. The van der Waals surface area contributed by atoms with E-state index in [0.717, 1.165) is 54.5 Å². The normalized spacial score (nSPS) is 15.8. The third kappa shape index (κ3) is 3.90. The Morgan fingerprint density at radius 2 is 1.94 bits per heavy atom. The molecule has 0 saturated carbocycles. The molecule has 1 aromatic carbocycles. The van der Waals surface area contributed by atoms with Crippen molar-refractivity contribution in [1.82, 2.24) is 25.0 Å². The second-order valence-electron chi connectivity index (χ2n) is 7.94. The molecule has 4 heterocycles. The highest BCUT2D eigenvalue weighted by Crippen LogP contribution is 2.23. The summed E-state index contributed by atoms with van der Waals surface area (Å²) in [6, 6.07) is 11.3. The van der Waals surface area contributed by atoms with E-state index in [1.54, 1.807) is 6.07 Å². The predicted octanol–water partition coefficient (Wildman–Crippen LogP) is 2.17. The van der Waals surface area contributed by atoms with Gasteiger partial charge in [-0.05, 0) is 25.0 Å². The fraction of sp³-hybridized carbons (Fsp3) is 0.391. The highest BCUT2D eigenvalue weighted by Gasteiger charge is 2.29. The summed E-state index contributed by atoms with van der Waals surface area (Å²) >= 11 is 0. The molecule has 8 nitrogen and oxygen atoms in total. The SMILES string of the molecule is O=C(NCCn1nc(C(=O)N2CCCC2)c2c1CCOC2)c1ccc2ccccc2n1. The minimum Gasteiger partial charge on any atom is -0.376 e. The van der Waals surface area contributed by atoms with Crippen molar-refractivity contribution in [3.05, 3.63) is 59.0 Å². The van der Waals surface area contributed by atoms with Crippen LogP contribution in [0.3, 0.4) is 0 Å². The molecular weight excluding hydrogens is 394 g/mol. The maximum atomic E-state index is 12.9. The van der Waals surface area contributed by atoms with E-state index in [-0.39, 0.29) is 11.8 Å². The predicted molar refractivity (Wildman–Crippen MR) is 115 cm³/mol. The Bertz CT molecular complexity index is 1130. The molecule has 5 rings (SSSR count). The Balaban J connectivity index is 1.28. The Labute approximate surface area is 180 Å². The van der Waals surface area contributed by atoms with Crippen molar-refractivity contribution in [2.24, 2.45) is 0 Å². The van der Waals surface area contributed by atoms with Gasteiger partial charge >= 0.3 is 0 Å². The number of amides is 2. The summed E-state index contributed by atoms with van der Waals surface area (Å²) in [7, 11) is 0. The molecule has 0 unspecified atom stereocenters. The van der Waals surface area contributed by atoms with Gasteiger partial charge in [-0.2, -0.15) is 5.10 Å². The fourth-order valence-corrected chi connectivity index (χ4v) is 4.29. The second-order valence-corrected chi connectivity index (χ2v) is 7.94. The lowest BCUT2D eigenvalue weighted by molar-refractivity contribution is 0.0772. The molecule has 160 valence electrons. The summed E-state index contributed by atoms with van der Waals surface area (Å²) in [5, 5.41) is 8.55. The molecule has 0 atom stereocenters. The van der Waals surface area contributed by atoms with E-state index in [1.165, 1.54) is 0 Å². The third-order valence-electron chi connectivity index (χ3n) is 5.93. The van der Waals surface area contributed by atoms with Crippen molar-refractivity contribution in [1.29, 1.82) is 0 Å². The first-order valence-corrected chi connectivity index (χ1v) is 10.8. The molecule has 0 aliphatic carbocycles. The number of hydrogen-bond donors (Lipinski definition) is 1. The van der Waals surface area contributed by atoms with E-state index in [0.29, 0.717) is 37.7 Å². The smallest absolute Gasteiger partial charge is 0.274 e. The van der Waals surface area contributed by atoms with Crippen LogP contribution in [0.2, 0.25) is 0 Å². The summed E-state index contributed by atoms with van der Waals surface area (Å²) in [5.74, 6) is -0.231. The molecule has 1 N–H and O–H groups in total. The Hall–Kier alpha value is -3.26. The van der Waals surface area contributed by atoms with Gasteiger partial charge in [0, 0.05) is 42.7 Å². The van der Waals surface area contributed by atoms with Gasteiger partial charge in [0.05, 0.1) is 25.3 Å². The molecule has 2 aliphatic heterocycles. The van der Waals surface area contributed by atoms with Crippen LogP contribution in [0.4, 0.5) is 0 Å². The molecule has 8 heteroatoms. The number of pyridine rings is 1. The summed E-state index contributed by atoms with van der Waals surface area (Å²) in [4.78, 5) is 31.8. The highest BCUT2D eigenvalue weighted by molar-refractivity contribution is 5.95. The first-order chi connectivity index (χ1) is 15.2. The second kappa shape index (κ2) is 8.47. The van der Waals surface area contributed by atoms with Crippen LogP contribution in [0.15, 0.2) is 36.4 Å². The van der Waals surface area contributed by atoms with E-state index in [9.17, 15) is 9.59 Å². The van der Waals surface area contributed by atoms with Crippen LogP contribution in [-0.2, 0) is 24.3 Å². The van der Waals surface area contributed by atoms with Gasteiger partial charge < -0.3 is 15.0 Å². The lowest BCUT2D eigenvalue weighted by Crippen LogP contribution is -2.29. The lowest BCUT2D eigenvalue weighted by atomic mass is 10.1. The monoisotopic (exact) mass is 419 g/mol. The van der Waals surface area contributed by atoms with Gasteiger partial charge in [0.1, 0.15) is 5.69 Å². The molecule has 2 amide bonds. The highest BCUT2D eigenvalue weighted by atomic mass is 16.5. The van der Waals surface area contributed by atoms with E-state index >= 15 is 0 Å². The van der Waals surface area contributed by atoms with E-state index in [4.69, 9.17) is 4.74 Å². The number of fused-ring (bicyclic) bond motifs is 2. The average molecular weight is 419 g/mol. The van der Waals surface area contributed by atoms with Crippen molar-refractivity contribution in [3.8, 4) is 0 Å². The Morgan fingerprint density at radius 3 is 2.81 bits per heavy atom. The van der Waals surface area contributed by atoms with Gasteiger partial charge in [0.2, 0.25) is 0 Å². The zero-order valence-electron chi connectivity index (χ0n) is 17.3. The number of carbonyl (C=O) groups is 2. The van der Waals surface area contributed by atoms with Crippen molar-refractivity contribution < 1.29 is 14.3 Å². The summed E-state index contributed by atoms with van der Waals surface area (Å²) in [6.45, 7) is 3.50. The van der Waals surface area contributed by atoms with Crippen LogP contribution >= 0.6 is 0 Å². The Morgan fingerprint density at radius 1 is 1.10 bits per heavy atom. The molecule has 0 bridgehead atoms.